The van der Waals surface area contributed by atoms with E-state index < -0.39 is 0 Å². The van der Waals surface area contributed by atoms with E-state index in [-0.39, 0.29) is 12.0 Å². The lowest BCUT2D eigenvalue weighted by Gasteiger charge is -2.27. The summed E-state index contributed by atoms with van der Waals surface area (Å²) >= 11 is 5.98. The van der Waals surface area contributed by atoms with Gasteiger partial charge in [0.15, 0.2) is 5.96 Å². The third-order valence-electron chi connectivity index (χ3n) is 4.38. The molecule has 1 aliphatic rings. The van der Waals surface area contributed by atoms with Crippen molar-refractivity contribution in [3.63, 3.8) is 0 Å². The Morgan fingerprint density at radius 2 is 2.29 bits per heavy atom. The Morgan fingerprint density at radius 3 is 2.92 bits per heavy atom. The van der Waals surface area contributed by atoms with Crippen molar-refractivity contribution in [3.05, 3.63) is 28.8 Å². The van der Waals surface area contributed by atoms with Crippen molar-refractivity contribution in [1.82, 2.24) is 10.6 Å². The maximum Gasteiger partial charge on any atom is 0.191 e. The molecule has 1 heterocycles. The minimum absolute atomic E-state index is 0.0235. The van der Waals surface area contributed by atoms with E-state index in [4.69, 9.17) is 21.1 Å². The molecule has 0 spiro atoms. The predicted octanol–water partition coefficient (Wildman–Crippen LogP) is 1.80. The van der Waals surface area contributed by atoms with E-state index in [0.717, 1.165) is 30.8 Å². The van der Waals surface area contributed by atoms with E-state index in [2.05, 4.69) is 15.6 Å². The maximum absolute atomic E-state index is 9.29. The highest BCUT2D eigenvalue weighted by molar-refractivity contribution is 6.30. The minimum atomic E-state index is -0.0235. The molecule has 0 radical (unpaired) electrons. The summed E-state index contributed by atoms with van der Waals surface area (Å²) < 4.78 is 10.9. The van der Waals surface area contributed by atoms with Crippen molar-refractivity contribution in [1.29, 1.82) is 0 Å². The molecule has 6 nitrogen and oxygen atoms in total. The van der Waals surface area contributed by atoms with Crippen molar-refractivity contribution in [2.24, 2.45) is 10.4 Å². The first kappa shape index (κ1) is 18.8. The number of methoxy groups -OCH3 is 1. The Hall–Kier alpha value is -1.50. The molecule has 1 unspecified atom stereocenters. The van der Waals surface area contributed by atoms with Crippen LogP contribution in [0, 0.1) is 5.41 Å². The van der Waals surface area contributed by atoms with Gasteiger partial charge < -0.3 is 25.2 Å². The van der Waals surface area contributed by atoms with Gasteiger partial charge in [0, 0.05) is 49.4 Å². The molecule has 0 amide bonds. The average Bonchev–Trinajstić information content (AvgIpc) is 3.05. The quantitative estimate of drug-likeness (QED) is 0.513. The molecule has 24 heavy (non-hydrogen) atoms. The Morgan fingerprint density at radius 1 is 1.46 bits per heavy atom. The van der Waals surface area contributed by atoms with E-state index in [1.807, 2.05) is 12.1 Å². The number of nitrogens with zero attached hydrogens (tertiary/aromatic N) is 1. The lowest BCUT2D eigenvalue weighted by Crippen LogP contribution is -2.44. The Labute approximate surface area is 148 Å². The number of hydrogen-bond acceptors (Lipinski definition) is 4. The number of nitrogens with one attached hydrogen (secondary N) is 2. The van der Waals surface area contributed by atoms with Gasteiger partial charge in [0.25, 0.3) is 0 Å². The summed E-state index contributed by atoms with van der Waals surface area (Å²) in [6.45, 7) is 2.87. The molecule has 1 atom stereocenters. The second-order valence-corrected chi connectivity index (χ2v) is 6.45. The standard InChI is InChI=1S/C17H26ClN3O3/c1-19-16(21-11-17(5-7-22)6-8-24-12-17)20-10-13-3-4-14(18)9-15(13)23-2/h3-4,9,22H,5-8,10-12H2,1-2H3,(H2,19,20,21). The van der Waals surface area contributed by atoms with Gasteiger partial charge in [0.05, 0.1) is 13.7 Å². The van der Waals surface area contributed by atoms with Crippen LogP contribution in [0.2, 0.25) is 5.02 Å². The fraction of sp³-hybridized carbons (Fsp3) is 0.588. The SMILES string of the molecule is CN=C(NCc1ccc(Cl)cc1OC)NCC1(CCO)CCOC1. The zero-order chi connectivity index (χ0) is 17.4. The summed E-state index contributed by atoms with van der Waals surface area (Å²) in [5, 5.41) is 16.5. The third kappa shape index (κ3) is 5.00. The van der Waals surface area contributed by atoms with Crippen LogP contribution in [0.3, 0.4) is 0 Å². The lowest BCUT2D eigenvalue weighted by atomic mass is 9.84. The summed E-state index contributed by atoms with van der Waals surface area (Å²) in [6.07, 6.45) is 1.67. The van der Waals surface area contributed by atoms with Crippen LogP contribution >= 0.6 is 11.6 Å². The molecule has 2 rings (SSSR count). The van der Waals surface area contributed by atoms with Crippen LogP contribution < -0.4 is 15.4 Å². The highest BCUT2D eigenvalue weighted by atomic mass is 35.5. The van der Waals surface area contributed by atoms with Crippen molar-refractivity contribution in [2.75, 3.05) is 40.5 Å². The van der Waals surface area contributed by atoms with E-state index in [0.29, 0.717) is 30.7 Å². The minimum Gasteiger partial charge on any atom is -0.496 e. The van der Waals surface area contributed by atoms with Gasteiger partial charge in [0.1, 0.15) is 5.75 Å². The molecular weight excluding hydrogens is 330 g/mol. The summed E-state index contributed by atoms with van der Waals surface area (Å²) in [4.78, 5) is 4.25. The fourth-order valence-electron chi connectivity index (χ4n) is 2.85. The number of ether oxygens (including phenoxy) is 2. The van der Waals surface area contributed by atoms with Crippen LogP contribution in [-0.4, -0.2) is 51.6 Å². The van der Waals surface area contributed by atoms with Gasteiger partial charge in [0.2, 0.25) is 0 Å². The number of aliphatic hydroxyl groups excluding tert-OH is 1. The number of rotatable bonds is 7. The normalized spacial score (nSPS) is 20.9. The molecule has 1 aromatic carbocycles. The molecule has 3 N–H and O–H groups in total. The smallest absolute Gasteiger partial charge is 0.191 e. The fourth-order valence-corrected chi connectivity index (χ4v) is 3.01. The largest absolute Gasteiger partial charge is 0.496 e. The van der Waals surface area contributed by atoms with Gasteiger partial charge in [-0.15, -0.1) is 0 Å². The Bertz CT molecular complexity index is 560. The van der Waals surface area contributed by atoms with Gasteiger partial charge in [-0.3, -0.25) is 4.99 Å². The summed E-state index contributed by atoms with van der Waals surface area (Å²) in [7, 11) is 3.36. The van der Waals surface area contributed by atoms with E-state index >= 15 is 0 Å². The van der Waals surface area contributed by atoms with Gasteiger partial charge >= 0.3 is 0 Å². The molecule has 1 aliphatic heterocycles. The molecule has 7 heteroatoms. The summed E-state index contributed by atoms with van der Waals surface area (Å²) in [5.74, 6) is 1.45. The highest BCUT2D eigenvalue weighted by Crippen LogP contribution is 2.31. The van der Waals surface area contributed by atoms with Crippen molar-refractivity contribution in [3.8, 4) is 5.75 Å². The molecular formula is C17H26ClN3O3. The number of benzene rings is 1. The first-order valence-corrected chi connectivity index (χ1v) is 8.46. The van der Waals surface area contributed by atoms with Crippen molar-refractivity contribution < 1.29 is 14.6 Å². The predicted molar refractivity (Wildman–Crippen MR) is 95.8 cm³/mol. The second kappa shape index (κ2) is 9.11. The lowest BCUT2D eigenvalue weighted by molar-refractivity contribution is 0.127. The van der Waals surface area contributed by atoms with Crippen LogP contribution in [0.25, 0.3) is 0 Å². The van der Waals surface area contributed by atoms with Crippen molar-refractivity contribution in [2.45, 2.75) is 19.4 Å². The zero-order valence-corrected chi connectivity index (χ0v) is 15.0. The van der Waals surface area contributed by atoms with Crippen LogP contribution in [-0.2, 0) is 11.3 Å². The maximum atomic E-state index is 9.29. The molecule has 1 fully saturated rings. The van der Waals surface area contributed by atoms with E-state index in [1.165, 1.54) is 0 Å². The molecule has 1 aromatic rings. The molecule has 0 aliphatic carbocycles. The Kier molecular flexibility index (Phi) is 7.15. The van der Waals surface area contributed by atoms with Gasteiger partial charge in [-0.25, -0.2) is 0 Å². The van der Waals surface area contributed by atoms with Crippen LogP contribution in [0.4, 0.5) is 0 Å². The molecule has 0 bridgehead atoms. The van der Waals surface area contributed by atoms with Gasteiger partial charge in [-0.1, -0.05) is 17.7 Å². The first-order chi connectivity index (χ1) is 11.6. The number of aliphatic imine (C=N–C) groups is 1. The van der Waals surface area contributed by atoms with Crippen LogP contribution in [0.5, 0.6) is 5.75 Å². The first-order valence-electron chi connectivity index (χ1n) is 8.08. The van der Waals surface area contributed by atoms with E-state index in [9.17, 15) is 5.11 Å². The molecule has 0 aromatic heterocycles. The summed E-state index contributed by atoms with van der Waals surface area (Å²) in [5.41, 5.74) is 0.976. The van der Waals surface area contributed by atoms with E-state index in [1.54, 1.807) is 20.2 Å². The van der Waals surface area contributed by atoms with Gasteiger partial charge in [-0.2, -0.15) is 0 Å². The molecule has 134 valence electrons. The van der Waals surface area contributed by atoms with Crippen LogP contribution in [0.1, 0.15) is 18.4 Å². The number of aliphatic hydroxyl groups is 1. The summed E-state index contributed by atoms with van der Waals surface area (Å²) in [6, 6.07) is 5.56. The average molecular weight is 356 g/mol. The topological polar surface area (TPSA) is 75.1 Å². The van der Waals surface area contributed by atoms with Gasteiger partial charge in [-0.05, 0) is 25.0 Å². The molecule has 1 saturated heterocycles. The second-order valence-electron chi connectivity index (χ2n) is 6.01. The Balaban J connectivity index is 1.91. The zero-order valence-electron chi connectivity index (χ0n) is 14.3. The molecule has 0 saturated carbocycles. The third-order valence-corrected chi connectivity index (χ3v) is 4.61. The number of hydrogen-bond donors (Lipinski definition) is 3. The van der Waals surface area contributed by atoms with Crippen molar-refractivity contribution >= 4 is 17.6 Å². The number of halogens is 1. The monoisotopic (exact) mass is 355 g/mol. The highest BCUT2D eigenvalue weighted by Gasteiger charge is 2.34. The number of guanidine groups is 1. The van der Waals surface area contributed by atoms with Crippen LogP contribution in [0.15, 0.2) is 23.2 Å².